The van der Waals surface area contributed by atoms with E-state index in [1.807, 2.05) is 18.7 Å². The zero-order chi connectivity index (χ0) is 14.3. The largest absolute Gasteiger partial charge is 0.467 e. The number of ether oxygens (including phenoxy) is 1. The Morgan fingerprint density at radius 1 is 1.26 bits per heavy atom. The van der Waals surface area contributed by atoms with Crippen molar-refractivity contribution in [3.05, 3.63) is 0 Å². The van der Waals surface area contributed by atoms with Crippen molar-refractivity contribution in [3.63, 3.8) is 0 Å². The maximum Gasteiger partial charge on any atom is 0.322 e. The molecule has 0 aromatic carbocycles. The van der Waals surface area contributed by atoms with E-state index in [2.05, 4.69) is 30.3 Å². The Balaban J connectivity index is 3.11. The number of nitrogens with zero attached hydrogens (tertiary/aromatic N) is 5. The standard InChI is InChI=1S/C10H19N7O2/c1-5-17(6-2)9-13-8(12-7(11)16-19-4)14-10(15-9)18-3/h5-6H2,1-4H3,(H3,11,12,13,14,15,16). The van der Waals surface area contributed by atoms with Crippen LogP contribution >= 0.6 is 0 Å². The predicted octanol–water partition coefficient (Wildman–Crippen LogP) is -0.176. The third-order valence-electron chi connectivity index (χ3n) is 2.25. The molecule has 1 heterocycles. The maximum atomic E-state index is 5.56. The van der Waals surface area contributed by atoms with Crippen molar-refractivity contribution in [2.24, 2.45) is 10.7 Å². The molecule has 0 saturated carbocycles. The van der Waals surface area contributed by atoms with Crippen molar-refractivity contribution in [1.29, 1.82) is 0 Å². The van der Waals surface area contributed by atoms with E-state index < -0.39 is 0 Å². The normalized spacial score (nSPS) is 11.3. The number of aliphatic imine (C=N–C) groups is 1. The Labute approximate surface area is 111 Å². The van der Waals surface area contributed by atoms with Gasteiger partial charge in [0.05, 0.1) is 14.2 Å². The zero-order valence-electron chi connectivity index (χ0n) is 11.5. The summed E-state index contributed by atoms with van der Waals surface area (Å²) in [6, 6.07) is 0.181. The molecule has 0 aliphatic rings. The van der Waals surface area contributed by atoms with Crippen LogP contribution in [0.1, 0.15) is 13.8 Å². The summed E-state index contributed by atoms with van der Waals surface area (Å²) in [5.41, 5.74) is 7.94. The fourth-order valence-electron chi connectivity index (χ4n) is 1.36. The molecule has 0 amide bonds. The Kier molecular flexibility index (Phi) is 5.73. The van der Waals surface area contributed by atoms with E-state index >= 15 is 0 Å². The summed E-state index contributed by atoms with van der Waals surface area (Å²) in [5, 5.41) is 0. The minimum atomic E-state index is 0.0428. The van der Waals surface area contributed by atoms with E-state index in [-0.39, 0.29) is 17.9 Å². The van der Waals surface area contributed by atoms with Gasteiger partial charge in [-0.1, -0.05) is 0 Å². The highest BCUT2D eigenvalue weighted by atomic mass is 16.6. The minimum absolute atomic E-state index is 0.0428. The van der Waals surface area contributed by atoms with E-state index in [0.29, 0.717) is 5.95 Å². The summed E-state index contributed by atoms with van der Waals surface area (Å²) in [6.45, 7) is 5.53. The third-order valence-corrected chi connectivity index (χ3v) is 2.25. The van der Waals surface area contributed by atoms with Gasteiger partial charge in [-0.05, 0) is 13.8 Å². The van der Waals surface area contributed by atoms with Crippen molar-refractivity contribution in [1.82, 2.24) is 20.4 Å². The Morgan fingerprint density at radius 3 is 2.47 bits per heavy atom. The Morgan fingerprint density at radius 2 is 1.95 bits per heavy atom. The number of nitrogens with one attached hydrogen (secondary N) is 1. The topological polar surface area (TPSA) is 111 Å². The van der Waals surface area contributed by atoms with Gasteiger partial charge in [0.2, 0.25) is 11.9 Å². The van der Waals surface area contributed by atoms with Gasteiger partial charge < -0.3 is 15.4 Å². The van der Waals surface area contributed by atoms with Gasteiger partial charge in [-0.3, -0.25) is 4.84 Å². The summed E-state index contributed by atoms with van der Waals surface area (Å²) in [7, 11) is 2.91. The van der Waals surface area contributed by atoms with Gasteiger partial charge in [0, 0.05) is 13.1 Å². The highest BCUT2D eigenvalue weighted by Gasteiger charge is 2.11. The molecule has 0 unspecified atom stereocenters. The van der Waals surface area contributed by atoms with Crippen LogP contribution in [0, 0.1) is 0 Å². The number of aromatic nitrogens is 3. The van der Waals surface area contributed by atoms with Gasteiger partial charge >= 0.3 is 6.01 Å². The van der Waals surface area contributed by atoms with Crippen LogP contribution in [0.25, 0.3) is 0 Å². The van der Waals surface area contributed by atoms with Gasteiger partial charge in [-0.25, -0.2) is 5.48 Å². The number of rotatable bonds is 6. The van der Waals surface area contributed by atoms with Crippen LogP contribution < -0.4 is 20.9 Å². The molecule has 0 atom stereocenters. The minimum Gasteiger partial charge on any atom is -0.467 e. The second-order valence-electron chi connectivity index (χ2n) is 3.40. The summed E-state index contributed by atoms with van der Waals surface area (Å²) < 4.78 is 5.03. The van der Waals surface area contributed by atoms with Gasteiger partial charge in [0.25, 0.3) is 5.95 Å². The summed E-state index contributed by atoms with van der Waals surface area (Å²) in [4.78, 5) is 22.9. The van der Waals surface area contributed by atoms with Crippen LogP contribution in [0.15, 0.2) is 4.99 Å². The first kappa shape index (κ1) is 14.9. The van der Waals surface area contributed by atoms with Crippen molar-refractivity contribution >= 4 is 17.9 Å². The van der Waals surface area contributed by atoms with E-state index in [4.69, 9.17) is 10.5 Å². The SMILES string of the molecule is CCN(CC)c1nc(/N=C(/N)NOC)nc(OC)n1. The number of guanidine groups is 1. The first-order valence-corrected chi connectivity index (χ1v) is 5.82. The molecule has 3 N–H and O–H groups in total. The number of anilines is 1. The number of hydroxylamine groups is 1. The molecule has 9 nitrogen and oxygen atoms in total. The molecular weight excluding hydrogens is 250 g/mol. The molecule has 0 radical (unpaired) electrons. The van der Waals surface area contributed by atoms with Crippen LogP contribution in [-0.2, 0) is 4.84 Å². The molecule has 1 aromatic rings. The first-order valence-electron chi connectivity index (χ1n) is 5.82. The quantitative estimate of drug-likeness (QED) is 0.416. The van der Waals surface area contributed by atoms with E-state index in [0.717, 1.165) is 13.1 Å². The average molecular weight is 269 g/mol. The molecule has 0 spiro atoms. The van der Waals surface area contributed by atoms with Crippen molar-refractivity contribution in [3.8, 4) is 6.01 Å². The third kappa shape index (κ3) is 4.21. The first-order chi connectivity index (χ1) is 9.14. The number of methoxy groups -OCH3 is 1. The molecule has 0 bridgehead atoms. The molecule has 0 aliphatic heterocycles. The van der Waals surface area contributed by atoms with E-state index in [9.17, 15) is 0 Å². The summed E-state index contributed by atoms with van der Waals surface area (Å²) in [5.74, 6) is 0.679. The lowest BCUT2D eigenvalue weighted by Gasteiger charge is -2.18. The van der Waals surface area contributed by atoms with E-state index in [1.165, 1.54) is 14.2 Å². The van der Waals surface area contributed by atoms with Crippen LogP contribution in [0.2, 0.25) is 0 Å². The van der Waals surface area contributed by atoms with Crippen LogP contribution in [-0.4, -0.2) is 48.2 Å². The lowest BCUT2D eigenvalue weighted by molar-refractivity contribution is 0.143. The molecule has 0 aliphatic carbocycles. The van der Waals surface area contributed by atoms with E-state index in [1.54, 1.807) is 0 Å². The fourth-order valence-corrected chi connectivity index (χ4v) is 1.36. The van der Waals surface area contributed by atoms with Crippen molar-refractivity contribution < 1.29 is 9.57 Å². The molecule has 1 aromatic heterocycles. The molecule has 0 fully saturated rings. The summed E-state index contributed by atoms with van der Waals surface area (Å²) in [6.07, 6.45) is 0. The fraction of sp³-hybridized carbons (Fsp3) is 0.600. The molecule has 19 heavy (non-hydrogen) atoms. The second kappa shape index (κ2) is 7.31. The number of hydrogen-bond donors (Lipinski definition) is 2. The predicted molar refractivity (Wildman–Crippen MR) is 71.4 cm³/mol. The maximum absolute atomic E-state index is 5.56. The van der Waals surface area contributed by atoms with Gasteiger partial charge in [-0.2, -0.15) is 19.9 Å². The Bertz CT molecular complexity index is 434. The zero-order valence-corrected chi connectivity index (χ0v) is 11.5. The van der Waals surface area contributed by atoms with Crippen LogP contribution in [0.5, 0.6) is 6.01 Å². The van der Waals surface area contributed by atoms with Crippen molar-refractivity contribution in [2.45, 2.75) is 13.8 Å². The van der Waals surface area contributed by atoms with Gasteiger partial charge in [0.1, 0.15) is 0 Å². The highest BCUT2D eigenvalue weighted by Crippen LogP contribution is 2.16. The lowest BCUT2D eigenvalue weighted by atomic mass is 10.5. The van der Waals surface area contributed by atoms with Crippen LogP contribution in [0.3, 0.4) is 0 Å². The molecule has 106 valence electrons. The molecule has 0 saturated heterocycles. The Hall–Kier alpha value is -2.16. The second-order valence-corrected chi connectivity index (χ2v) is 3.40. The number of hydrogen-bond acceptors (Lipinski definition) is 7. The van der Waals surface area contributed by atoms with Gasteiger partial charge in [-0.15, -0.1) is 0 Å². The van der Waals surface area contributed by atoms with Crippen LogP contribution in [0.4, 0.5) is 11.9 Å². The molecular formula is C10H19N7O2. The molecule has 1 rings (SSSR count). The van der Waals surface area contributed by atoms with Gasteiger partial charge in [0.15, 0.2) is 0 Å². The van der Waals surface area contributed by atoms with Crippen molar-refractivity contribution in [2.75, 3.05) is 32.2 Å². The smallest absolute Gasteiger partial charge is 0.322 e. The lowest BCUT2D eigenvalue weighted by Crippen LogP contribution is -2.30. The summed E-state index contributed by atoms with van der Waals surface area (Å²) >= 11 is 0. The highest BCUT2D eigenvalue weighted by molar-refractivity contribution is 5.78. The molecule has 9 heteroatoms. The monoisotopic (exact) mass is 269 g/mol. The number of nitrogens with two attached hydrogens (primary N) is 1. The average Bonchev–Trinajstić information content (AvgIpc) is 2.40.